The van der Waals surface area contributed by atoms with E-state index in [1.807, 2.05) is 6.92 Å². The molecule has 1 amide bonds. The molecule has 0 aromatic carbocycles. The zero-order valence-corrected chi connectivity index (χ0v) is 10.8. The van der Waals surface area contributed by atoms with Crippen molar-refractivity contribution in [1.29, 1.82) is 5.26 Å². The number of nitriles is 1. The summed E-state index contributed by atoms with van der Waals surface area (Å²) in [5.41, 5.74) is -0.116. The Morgan fingerprint density at radius 2 is 2.00 bits per heavy atom. The summed E-state index contributed by atoms with van der Waals surface area (Å²) < 4.78 is 40.0. The fourth-order valence-corrected chi connectivity index (χ4v) is 2.22. The maximum atomic E-state index is 11.9. The molecular formula is C12H17F3N2O2. The van der Waals surface area contributed by atoms with Crippen molar-refractivity contribution in [2.24, 2.45) is 5.41 Å². The second-order valence-electron chi connectivity index (χ2n) is 4.85. The number of ether oxygens (including phenoxy) is 1. The lowest BCUT2D eigenvalue weighted by Crippen LogP contribution is -2.43. The number of hydrogen-bond acceptors (Lipinski definition) is 3. The highest BCUT2D eigenvalue weighted by Gasteiger charge is 2.36. The van der Waals surface area contributed by atoms with Gasteiger partial charge in [-0.05, 0) is 24.7 Å². The maximum Gasteiger partial charge on any atom is 0.422 e. The number of nitrogens with zero attached hydrogens (tertiary/aromatic N) is 2. The molecule has 0 aromatic rings. The number of amides is 1. The van der Waals surface area contributed by atoms with Gasteiger partial charge >= 0.3 is 12.3 Å². The molecule has 0 radical (unpaired) electrons. The molecule has 0 bridgehead atoms. The van der Waals surface area contributed by atoms with E-state index < -0.39 is 18.9 Å². The molecule has 0 saturated carbocycles. The zero-order chi connectivity index (χ0) is 14.5. The largest absolute Gasteiger partial charge is 0.440 e. The molecular weight excluding hydrogens is 261 g/mol. The van der Waals surface area contributed by atoms with Crippen LogP contribution in [0.15, 0.2) is 0 Å². The summed E-state index contributed by atoms with van der Waals surface area (Å²) >= 11 is 0. The molecule has 1 aliphatic heterocycles. The van der Waals surface area contributed by atoms with Crippen molar-refractivity contribution in [1.82, 2.24) is 4.90 Å². The molecule has 0 unspecified atom stereocenters. The lowest BCUT2D eigenvalue weighted by molar-refractivity contribution is -0.162. The molecule has 0 N–H and O–H groups in total. The predicted octanol–water partition coefficient (Wildman–Crippen LogP) is 3.09. The summed E-state index contributed by atoms with van der Waals surface area (Å²) in [5.74, 6) is 0. The van der Waals surface area contributed by atoms with Crippen molar-refractivity contribution in [3.05, 3.63) is 0 Å². The standard InChI is InChI=1S/C12H17F3N2O2/c1-2-11(3-6-16)4-7-17(8-5-11)10(18)19-9-12(13,14)15/h2-5,7-9H2,1H3. The SMILES string of the molecule is CCC1(CC#N)CCN(C(=O)OCC(F)(F)F)CC1. The van der Waals surface area contributed by atoms with Gasteiger partial charge in [0, 0.05) is 19.5 Å². The van der Waals surface area contributed by atoms with Gasteiger partial charge in [0.05, 0.1) is 6.07 Å². The Morgan fingerprint density at radius 3 is 2.42 bits per heavy atom. The zero-order valence-electron chi connectivity index (χ0n) is 10.8. The number of carbonyl (C=O) groups is 1. The van der Waals surface area contributed by atoms with Crippen LogP contribution in [-0.2, 0) is 4.74 Å². The summed E-state index contributed by atoms with van der Waals surface area (Å²) in [5, 5.41) is 8.78. The van der Waals surface area contributed by atoms with Crippen LogP contribution >= 0.6 is 0 Å². The average molecular weight is 278 g/mol. The van der Waals surface area contributed by atoms with Gasteiger partial charge in [0.15, 0.2) is 6.61 Å². The lowest BCUT2D eigenvalue weighted by atomic mass is 9.74. The first-order chi connectivity index (χ1) is 8.82. The van der Waals surface area contributed by atoms with Crippen LogP contribution in [0.4, 0.5) is 18.0 Å². The number of alkyl halides is 3. The van der Waals surface area contributed by atoms with Crippen molar-refractivity contribution in [2.45, 2.75) is 38.8 Å². The van der Waals surface area contributed by atoms with Crippen molar-refractivity contribution in [2.75, 3.05) is 19.7 Å². The first-order valence-electron chi connectivity index (χ1n) is 6.17. The van der Waals surface area contributed by atoms with E-state index in [4.69, 9.17) is 5.26 Å². The van der Waals surface area contributed by atoms with Gasteiger partial charge in [-0.15, -0.1) is 0 Å². The van der Waals surface area contributed by atoms with Crippen molar-refractivity contribution in [3.63, 3.8) is 0 Å². The number of piperidine rings is 1. The third-order valence-electron chi connectivity index (χ3n) is 3.65. The second-order valence-corrected chi connectivity index (χ2v) is 4.85. The van der Waals surface area contributed by atoms with E-state index in [-0.39, 0.29) is 5.41 Å². The van der Waals surface area contributed by atoms with Gasteiger partial charge in [0.25, 0.3) is 0 Å². The highest BCUT2D eigenvalue weighted by Crippen LogP contribution is 2.38. The monoisotopic (exact) mass is 278 g/mol. The average Bonchev–Trinajstić information content (AvgIpc) is 2.36. The summed E-state index contributed by atoms with van der Waals surface area (Å²) in [6.07, 6.45) is -2.95. The van der Waals surface area contributed by atoms with E-state index in [0.29, 0.717) is 32.4 Å². The number of likely N-dealkylation sites (tertiary alicyclic amines) is 1. The normalized spacial score (nSPS) is 18.8. The topological polar surface area (TPSA) is 53.3 Å². The fraction of sp³-hybridized carbons (Fsp3) is 0.833. The molecule has 0 atom stereocenters. The Hall–Kier alpha value is -1.45. The first kappa shape index (κ1) is 15.6. The highest BCUT2D eigenvalue weighted by atomic mass is 19.4. The summed E-state index contributed by atoms with van der Waals surface area (Å²) in [4.78, 5) is 12.7. The molecule has 4 nitrogen and oxygen atoms in total. The molecule has 0 spiro atoms. The van der Waals surface area contributed by atoms with Crippen LogP contribution in [0.1, 0.15) is 32.6 Å². The van der Waals surface area contributed by atoms with Crippen LogP contribution in [-0.4, -0.2) is 36.9 Å². The Kier molecular flexibility index (Phi) is 5.04. The fourth-order valence-electron chi connectivity index (χ4n) is 2.22. The van der Waals surface area contributed by atoms with Crippen LogP contribution in [0.2, 0.25) is 0 Å². The second kappa shape index (κ2) is 6.13. The van der Waals surface area contributed by atoms with Gasteiger partial charge < -0.3 is 9.64 Å². The summed E-state index contributed by atoms with van der Waals surface area (Å²) in [6, 6.07) is 2.13. The van der Waals surface area contributed by atoms with Crippen molar-refractivity contribution < 1.29 is 22.7 Å². The van der Waals surface area contributed by atoms with Gasteiger partial charge in [0.2, 0.25) is 0 Å². The van der Waals surface area contributed by atoms with Gasteiger partial charge in [-0.2, -0.15) is 18.4 Å². The molecule has 108 valence electrons. The molecule has 1 rings (SSSR count). The Labute approximate surface area is 110 Å². The van der Waals surface area contributed by atoms with E-state index in [1.165, 1.54) is 4.90 Å². The Bertz CT molecular complexity index is 355. The molecule has 1 aliphatic rings. The van der Waals surface area contributed by atoms with Crippen molar-refractivity contribution in [3.8, 4) is 6.07 Å². The van der Waals surface area contributed by atoms with E-state index >= 15 is 0 Å². The minimum absolute atomic E-state index is 0.116. The van der Waals surface area contributed by atoms with Crippen LogP contribution in [0.3, 0.4) is 0 Å². The van der Waals surface area contributed by atoms with Gasteiger partial charge in [-0.1, -0.05) is 6.92 Å². The van der Waals surface area contributed by atoms with Crippen LogP contribution < -0.4 is 0 Å². The van der Waals surface area contributed by atoms with E-state index in [0.717, 1.165) is 6.42 Å². The summed E-state index contributed by atoms with van der Waals surface area (Å²) in [7, 11) is 0. The van der Waals surface area contributed by atoms with Crippen molar-refractivity contribution >= 4 is 6.09 Å². The number of carbonyl (C=O) groups excluding carboxylic acids is 1. The van der Waals surface area contributed by atoms with Crippen LogP contribution in [0.25, 0.3) is 0 Å². The van der Waals surface area contributed by atoms with Gasteiger partial charge in [-0.25, -0.2) is 4.79 Å². The molecule has 1 heterocycles. The molecule has 19 heavy (non-hydrogen) atoms. The van der Waals surface area contributed by atoms with Gasteiger partial charge in [0.1, 0.15) is 0 Å². The van der Waals surface area contributed by atoms with Crippen LogP contribution in [0, 0.1) is 16.7 Å². The number of halogens is 3. The molecule has 7 heteroatoms. The lowest BCUT2D eigenvalue weighted by Gasteiger charge is -2.39. The molecule has 0 aliphatic carbocycles. The summed E-state index contributed by atoms with van der Waals surface area (Å²) in [6.45, 7) is 1.10. The van der Waals surface area contributed by atoms with E-state index in [2.05, 4.69) is 10.8 Å². The van der Waals surface area contributed by atoms with E-state index in [1.54, 1.807) is 0 Å². The van der Waals surface area contributed by atoms with Gasteiger partial charge in [-0.3, -0.25) is 0 Å². The third kappa shape index (κ3) is 4.62. The Morgan fingerprint density at radius 1 is 1.42 bits per heavy atom. The minimum Gasteiger partial charge on any atom is -0.440 e. The smallest absolute Gasteiger partial charge is 0.422 e. The highest BCUT2D eigenvalue weighted by molar-refractivity contribution is 5.67. The van der Waals surface area contributed by atoms with E-state index in [9.17, 15) is 18.0 Å². The number of hydrogen-bond donors (Lipinski definition) is 0. The minimum atomic E-state index is -4.50. The quantitative estimate of drug-likeness (QED) is 0.797. The molecule has 1 saturated heterocycles. The number of rotatable bonds is 3. The molecule has 0 aromatic heterocycles. The van der Waals surface area contributed by atoms with Crippen LogP contribution in [0.5, 0.6) is 0 Å². The third-order valence-corrected chi connectivity index (χ3v) is 3.65. The maximum absolute atomic E-state index is 11.9. The first-order valence-corrected chi connectivity index (χ1v) is 6.17. The Balaban J connectivity index is 2.45. The molecule has 1 fully saturated rings. The predicted molar refractivity (Wildman–Crippen MR) is 61.2 cm³/mol.